The summed E-state index contributed by atoms with van der Waals surface area (Å²) in [6, 6.07) is 9.96. The number of ketones is 1. The first-order valence-electron chi connectivity index (χ1n) is 7.56. The summed E-state index contributed by atoms with van der Waals surface area (Å²) in [6.45, 7) is 4.05. The Bertz CT molecular complexity index is 701. The number of benzene rings is 1. The van der Waals surface area contributed by atoms with Gasteiger partial charge in [-0.05, 0) is 36.2 Å². The molecule has 0 aliphatic rings. The zero-order valence-corrected chi connectivity index (χ0v) is 13.9. The zero-order chi connectivity index (χ0) is 16.8. The summed E-state index contributed by atoms with van der Waals surface area (Å²) < 4.78 is 0. The number of hydrogen-bond acceptors (Lipinski definition) is 3. The van der Waals surface area contributed by atoms with E-state index in [-0.39, 0.29) is 17.6 Å². The van der Waals surface area contributed by atoms with Gasteiger partial charge in [-0.25, -0.2) is 0 Å². The van der Waals surface area contributed by atoms with Crippen molar-refractivity contribution < 1.29 is 9.59 Å². The van der Waals surface area contributed by atoms with Gasteiger partial charge in [-0.2, -0.15) is 0 Å². The molecule has 1 atom stereocenters. The van der Waals surface area contributed by atoms with E-state index in [0.29, 0.717) is 28.4 Å². The van der Waals surface area contributed by atoms with E-state index in [0.717, 1.165) is 6.42 Å². The lowest BCUT2D eigenvalue weighted by atomic mass is 10.0. The molecular weight excluding hydrogens is 312 g/mol. The summed E-state index contributed by atoms with van der Waals surface area (Å²) in [5.41, 5.74) is 1.11. The summed E-state index contributed by atoms with van der Waals surface area (Å²) in [5.74, 6) is -0.0964. The van der Waals surface area contributed by atoms with E-state index >= 15 is 0 Å². The molecule has 2 rings (SSSR count). The molecule has 0 aliphatic carbocycles. The number of halogens is 1. The highest BCUT2D eigenvalue weighted by molar-refractivity contribution is 6.31. The van der Waals surface area contributed by atoms with Crippen LogP contribution in [0.25, 0.3) is 0 Å². The van der Waals surface area contributed by atoms with Crippen LogP contribution in [0.5, 0.6) is 0 Å². The molecule has 120 valence electrons. The Morgan fingerprint density at radius 2 is 2.04 bits per heavy atom. The van der Waals surface area contributed by atoms with Crippen LogP contribution in [0.1, 0.15) is 42.7 Å². The first-order chi connectivity index (χ1) is 11.0. The molecule has 0 bridgehead atoms. The highest BCUT2D eigenvalue weighted by Crippen LogP contribution is 2.24. The van der Waals surface area contributed by atoms with E-state index in [1.165, 1.54) is 0 Å². The van der Waals surface area contributed by atoms with E-state index in [1.54, 1.807) is 42.6 Å². The van der Waals surface area contributed by atoms with Crippen molar-refractivity contribution in [2.24, 2.45) is 5.92 Å². The minimum Gasteiger partial charge on any atom is -0.325 e. The van der Waals surface area contributed by atoms with E-state index in [4.69, 9.17) is 11.6 Å². The number of nitrogens with one attached hydrogen (secondary N) is 1. The third-order valence-corrected chi connectivity index (χ3v) is 3.86. The van der Waals surface area contributed by atoms with Gasteiger partial charge in [-0.15, -0.1) is 0 Å². The molecule has 1 N–H and O–H groups in total. The van der Waals surface area contributed by atoms with Crippen molar-refractivity contribution in [1.29, 1.82) is 0 Å². The summed E-state index contributed by atoms with van der Waals surface area (Å²) >= 11 is 6.01. The smallest absolute Gasteiger partial charge is 0.224 e. The Labute approximate surface area is 140 Å². The van der Waals surface area contributed by atoms with Crippen LogP contribution in [0.2, 0.25) is 5.02 Å². The lowest BCUT2D eigenvalue weighted by Crippen LogP contribution is -2.17. The van der Waals surface area contributed by atoms with Crippen LogP contribution in [0.3, 0.4) is 0 Å². The maximum absolute atomic E-state index is 12.6. The standard InChI is InChI=1S/C18H19ClN2O2/c1-3-12(2)10-17(22)21-15-8-7-13(19)11-14(15)18(23)16-6-4-5-9-20-16/h4-9,11-12H,3,10H2,1-2H3,(H,21,22). The van der Waals surface area contributed by atoms with Crippen molar-refractivity contribution in [3.05, 3.63) is 58.9 Å². The number of carbonyl (C=O) groups is 2. The molecule has 1 heterocycles. The molecule has 1 amide bonds. The van der Waals surface area contributed by atoms with E-state index < -0.39 is 0 Å². The van der Waals surface area contributed by atoms with Crippen molar-refractivity contribution in [3.63, 3.8) is 0 Å². The second kappa shape index (κ2) is 7.88. The predicted molar refractivity (Wildman–Crippen MR) is 91.8 cm³/mol. The molecule has 4 nitrogen and oxygen atoms in total. The molecule has 1 aromatic carbocycles. The molecule has 1 aromatic heterocycles. The van der Waals surface area contributed by atoms with Crippen LogP contribution in [0.4, 0.5) is 5.69 Å². The summed E-state index contributed by atoms with van der Waals surface area (Å²) in [5, 5.41) is 3.24. The lowest BCUT2D eigenvalue weighted by Gasteiger charge is -2.12. The zero-order valence-electron chi connectivity index (χ0n) is 13.2. The molecule has 0 saturated heterocycles. The third kappa shape index (κ3) is 4.63. The van der Waals surface area contributed by atoms with Gasteiger partial charge in [-0.3, -0.25) is 14.6 Å². The van der Waals surface area contributed by atoms with E-state index in [2.05, 4.69) is 10.3 Å². The predicted octanol–water partition coefficient (Wildman–Crippen LogP) is 4.34. The second-order valence-corrected chi connectivity index (χ2v) is 5.94. The van der Waals surface area contributed by atoms with E-state index in [1.807, 2.05) is 13.8 Å². The van der Waals surface area contributed by atoms with Crippen LogP contribution < -0.4 is 5.32 Å². The van der Waals surface area contributed by atoms with Gasteiger partial charge in [0.2, 0.25) is 11.7 Å². The third-order valence-electron chi connectivity index (χ3n) is 3.63. The monoisotopic (exact) mass is 330 g/mol. The minimum atomic E-state index is -0.271. The largest absolute Gasteiger partial charge is 0.325 e. The highest BCUT2D eigenvalue weighted by atomic mass is 35.5. The molecular formula is C18H19ClN2O2. The molecule has 23 heavy (non-hydrogen) atoms. The van der Waals surface area contributed by atoms with Crippen LogP contribution in [-0.2, 0) is 4.79 Å². The molecule has 2 aromatic rings. The van der Waals surface area contributed by atoms with Crippen LogP contribution in [-0.4, -0.2) is 16.7 Å². The molecule has 5 heteroatoms. The first kappa shape index (κ1) is 17.2. The van der Waals surface area contributed by atoms with Crippen molar-refractivity contribution in [1.82, 2.24) is 4.98 Å². The molecule has 0 aliphatic heterocycles. The Hall–Kier alpha value is -2.20. The Morgan fingerprint density at radius 3 is 2.70 bits per heavy atom. The molecule has 0 saturated carbocycles. The maximum atomic E-state index is 12.6. The number of anilines is 1. The summed E-state index contributed by atoms with van der Waals surface area (Å²) in [4.78, 5) is 28.8. The number of carbonyl (C=O) groups excluding carboxylic acids is 2. The molecule has 1 unspecified atom stereocenters. The fourth-order valence-corrected chi connectivity index (χ4v) is 2.28. The van der Waals surface area contributed by atoms with Gasteiger partial charge in [0.1, 0.15) is 5.69 Å². The fraction of sp³-hybridized carbons (Fsp3) is 0.278. The number of aromatic nitrogens is 1. The fourth-order valence-electron chi connectivity index (χ4n) is 2.11. The van der Waals surface area contributed by atoms with Crippen LogP contribution in [0, 0.1) is 5.92 Å². The minimum absolute atomic E-state index is 0.114. The van der Waals surface area contributed by atoms with Crippen LogP contribution in [0.15, 0.2) is 42.6 Å². The van der Waals surface area contributed by atoms with Gasteiger partial charge < -0.3 is 5.32 Å². The SMILES string of the molecule is CCC(C)CC(=O)Nc1ccc(Cl)cc1C(=O)c1ccccn1. The van der Waals surface area contributed by atoms with Crippen molar-refractivity contribution in [2.45, 2.75) is 26.7 Å². The lowest BCUT2D eigenvalue weighted by molar-refractivity contribution is -0.117. The summed E-state index contributed by atoms with van der Waals surface area (Å²) in [7, 11) is 0. The number of pyridine rings is 1. The van der Waals surface area contributed by atoms with Crippen molar-refractivity contribution in [3.8, 4) is 0 Å². The Balaban J connectivity index is 2.27. The van der Waals surface area contributed by atoms with Gasteiger partial charge >= 0.3 is 0 Å². The van der Waals surface area contributed by atoms with Gasteiger partial charge in [0.15, 0.2) is 0 Å². The molecule has 0 fully saturated rings. The van der Waals surface area contributed by atoms with Crippen molar-refractivity contribution in [2.75, 3.05) is 5.32 Å². The normalized spacial score (nSPS) is 11.8. The quantitative estimate of drug-likeness (QED) is 0.801. The van der Waals surface area contributed by atoms with Gasteiger partial charge in [-0.1, -0.05) is 37.9 Å². The van der Waals surface area contributed by atoms with Crippen molar-refractivity contribution >= 4 is 29.0 Å². The van der Waals surface area contributed by atoms with Crippen LogP contribution >= 0.6 is 11.6 Å². The Kier molecular flexibility index (Phi) is 5.88. The van der Waals surface area contributed by atoms with Gasteiger partial charge in [0.25, 0.3) is 0 Å². The average Bonchev–Trinajstić information content (AvgIpc) is 2.56. The first-order valence-corrected chi connectivity index (χ1v) is 7.94. The number of amides is 1. The molecule has 0 spiro atoms. The average molecular weight is 331 g/mol. The number of nitrogens with zero attached hydrogens (tertiary/aromatic N) is 1. The topological polar surface area (TPSA) is 59.1 Å². The Morgan fingerprint density at radius 1 is 1.26 bits per heavy atom. The molecule has 0 radical (unpaired) electrons. The van der Waals surface area contributed by atoms with Gasteiger partial charge in [0, 0.05) is 23.2 Å². The number of rotatable bonds is 6. The summed E-state index contributed by atoms with van der Waals surface area (Å²) in [6.07, 6.45) is 2.89. The second-order valence-electron chi connectivity index (χ2n) is 5.50. The maximum Gasteiger partial charge on any atom is 0.224 e. The van der Waals surface area contributed by atoms with Gasteiger partial charge in [0.05, 0.1) is 5.69 Å². The highest BCUT2D eigenvalue weighted by Gasteiger charge is 2.17. The number of hydrogen-bond donors (Lipinski definition) is 1. The van der Waals surface area contributed by atoms with E-state index in [9.17, 15) is 9.59 Å².